The molecule has 4 amide bonds. The molecule has 1 aliphatic carbocycles. The summed E-state index contributed by atoms with van der Waals surface area (Å²) in [5.74, 6) is 0.112. The lowest BCUT2D eigenvalue weighted by atomic mass is 9.78. The Bertz CT molecular complexity index is 829. The van der Waals surface area contributed by atoms with Crippen LogP contribution < -0.4 is 10.6 Å². The van der Waals surface area contributed by atoms with E-state index in [1.807, 2.05) is 6.07 Å². The molecule has 2 aliphatic rings. The van der Waals surface area contributed by atoms with E-state index in [0.717, 1.165) is 24.2 Å². The van der Waals surface area contributed by atoms with E-state index in [0.29, 0.717) is 23.0 Å². The molecule has 1 saturated heterocycles. The van der Waals surface area contributed by atoms with Gasteiger partial charge in [0.25, 0.3) is 5.91 Å². The van der Waals surface area contributed by atoms with Crippen molar-refractivity contribution in [2.45, 2.75) is 51.6 Å². The van der Waals surface area contributed by atoms with E-state index in [1.165, 1.54) is 0 Å². The Balaban J connectivity index is 1.69. The molecule has 0 aromatic heterocycles. The predicted octanol–water partition coefficient (Wildman–Crippen LogP) is 2.27. The standard InChI is InChI=1S/C21H26N4O3/c1-13-5-4-6-17(14(13)2)23-18(26)12-25-19(27)21(3,24-20(25)28)16-9-7-15(11-22)8-10-16/h7-10,13-14,17H,4-6,12H2,1-3H3,(H,23,26)(H,24,28). The molecule has 28 heavy (non-hydrogen) atoms. The van der Waals surface area contributed by atoms with Crippen LogP contribution in [0.5, 0.6) is 0 Å². The van der Waals surface area contributed by atoms with Gasteiger partial charge in [-0.05, 0) is 42.9 Å². The zero-order chi connectivity index (χ0) is 20.5. The highest BCUT2D eigenvalue weighted by molar-refractivity contribution is 6.09. The van der Waals surface area contributed by atoms with E-state index in [2.05, 4.69) is 24.5 Å². The molecule has 2 N–H and O–H groups in total. The number of amides is 4. The minimum atomic E-state index is -1.25. The summed E-state index contributed by atoms with van der Waals surface area (Å²) in [4.78, 5) is 38.8. The van der Waals surface area contributed by atoms with Crippen molar-refractivity contribution in [3.05, 3.63) is 35.4 Å². The van der Waals surface area contributed by atoms with E-state index < -0.39 is 17.5 Å². The molecule has 1 saturated carbocycles. The Morgan fingerprint density at radius 2 is 1.96 bits per heavy atom. The number of imide groups is 1. The van der Waals surface area contributed by atoms with Crippen molar-refractivity contribution in [1.82, 2.24) is 15.5 Å². The monoisotopic (exact) mass is 382 g/mol. The van der Waals surface area contributed by atoms with Gasteiger partial charge in [-0.2, -0.15) is 5.26 Å². The van der Waals surface area contributed by atoms with Crippen molar-refractivity contribution in [3.63, 3.8) is 0 Å². The number of hydrogen-bond donors (Lipinski definition) is 2. The second kappa shape index (κ2) is 7.63. The van der Waals surface area contributed by atoms with E-state index in [4.69, 9.17) is 5.26 Å². The molecule has 4 unspecified atom stereocenters. The highest BCUT2D eigenvalue weighted by atomic mass is 16.2. The van der Waals surface area contributed by atoms with Crippen LogP contribution in [0.1, 0.15) is 51.2 Å². The summed E-state index contributed by atoms with van der Waals surface area (Å²) in [7, 11) is 0. The lowest BCUT2D eigenvalue weighted by molar-refractivity contribution is -0.135. The number of benzene rings is 1. The average molecular weight is 382 g/mol. The number of rotatable bonds is 4. The van der Waals surface area contributed by atoms with Crippen LogP contribution in [0.4, 0.5) is 4.79 Å². The van der Waals surface area contributed by atoms with Gasteiger partial charge in [0, 0.05) is 6.04 Å². The second-order valence-electron chi connectivity index (χ2n) is 8.08. The Hall–Kier alpha value is -2.88. The first-order valence-electron chi connectivity index (χ1n) is 9.70. The van der Waals surface area contributed by atoms with Gasteiger partial charge in [0.15, 0.2) is 0 Å². The maximum absolute atomic E-state index is 12.9. The van der Waals surface area contributed by atoms with Crippen molar-refractivity contribution in [1.29, 1.82) is 5.26 Å². The van der Waals surface area contributed by atoms with Crippen molar-refractivity contribution in [2.75, 3.05) is 6.54 Å². The normalized spacial score (nSPS) is 29.9. The highest BCUT2D eigenvalue weighted by Crippen LogP contribution is 2.30. The molecular formula is C21H26N4O3. The number of carbonyl (C=O) groups is 3. The lowest BCUT2D eigenvalue weighted by Gasteiger charge is -2.34. The van der Waals surface area contributed by atoms with Gasteiger partial charge >= 0.3 is 6.03 Å². The molecule has 0 radical (unpaired) electrons. The van der Waals surface area contributed by atoms with Crippen molar-refractivity contribution in [2.24, 2.45) is 11.8 Å². The largest absolute Gasteiger partial charge is 0.352 e. The Labute approximate surface area is 165 Å². The van der Waals surface area contributed by atoms with Gasteiger partial charge in [-0.1, -0.05) is 38.8 Å². The van der Waals surface area contributed by atoms with Crippen molar-refractivity contribution >= 4 is 17.8 Å². The summed E-state index contributed by atoms with van der Waals surface area (Å²) in [6, 6.07) is 7.99. The third-order valence-corrected chi connectivity index (χ3v) is 6.22. The first kappa shape index (κ1) is 19.9. The van der Waals surface area contributed by atoms with Gasteiger partial charge in [0.05, 0.1) is 11.6 Å². The smallest absolute Gasteiger partial charge is 0.325 e. The SMILES string of the molecule is CC1CCCC(NC(=O)CN2C(=O)NC(C)(c3ccc(C#N)cc3)C2=O)C1C. The average Bonchev–Trinajstić information content (AvgIpc) is 2.89. The lowest BCUT2D eigenvalue weighted by Crippen LogP contribution is -2.48. The molecule has 4 atom stereocenters. The fourth-order valence-corrected chi connectivity index (χ4v) is 4.10. The molecule has 7 nitrogen and oxygen atoms in total. The van der Waals surface area contributed by atoms with Crippen LogP contribution in [0.2, 0.25) is 0 Å². The number of urea groups is 1. The molecule has 148 valence electrons. The van der Waals surface area contributed by atoms with Gasteiger partial charge in [0.1, 0.15) is 12.1 Å². The zero-order valence-corrected chi connectivity index (χ0v) is 16.5. The second-order valence-corrected chi connectivity index (χ2v) is 8.08. The van der Waals surface area contributed by atoms with Crippen LogP contribution in [0.3, 0.4) is 0 Å². The van der Waals surface area contributed by atoms with Crippen molar-refractivity contribution < 1.29 is 14.4 Å². The summed E-state index contributed by atoms with van der Waals surface area (Å²) >= 11 is 0. The summed E-state index contributed by atoms with van der Waals surface area (Å²) in [6.07, 6.45) is 3.14. The van der Waals surface area contributed by atoms with Crippen LogP contribution >= 0.6 is 0 Å². The number of carbonyl (C=O) groups excluding carboxylic acids is 3. The van der Waals surface area contributed by atoms with Gasteiger partial charge in [-0.3, -0.25) is 14.5 Å². The summed E-state index contributed by atoms with van der Waals surface area (Å²) < 4.78 is 0. The molecule has 1 aromatic carbocycles. The summed E-state index contributed by atoms with van der Waals surface area (Å²) in [5.41, 5.74) is -0.212. The fourth-order valence-electron chi connectivity index (χ4n) is 4.10. The number of nitriles is 1. The van der Waals surface area contributed by atoms with Crippen LogP contribution in [0, 0.1) is 23.2 Å². The topological polar surface area (TPSA) is 102 Å². The molecule has 1 aromatic rings. The quantitative estimate of drug-likeness (QED) is 0.780. The Morgan fingerprint density at radius 3 is 2.61 bits per heavy atom. The highest BCUT2D eigenvalue weighted by Gasteiger charge is 2.49. The van der Waals surface area contributed by atoms with Gasteiger partial charge in [-0.15, -0.1) is 0 Å². The van der Waals surface area contributed by atoms with E-state index >= 15 is 0 Å². The third kappa shape index (κ3) is 3.59. The first-order chi connectivity index (χ1) is 13.3. The van der Waals surface area contributed by atoms with Gasteiger partial charge < -0.3 is 10.6 Å². The van der Waals surface area contributed by atoms with Gasteiger partial charge in [-0.25, -0.2) is 4.79 Å². The van der Waals surface area contributed by atoms with E-state index in [9.17, 15) is 14.4 Å². The zero-order valence-electron chi connectivity index (χ0n) is 16.5. The number of nitrogens with one attached hydrogen (secondary N) is 2. The minimum absolute atomic E-state index is 0.0712. The van der Waals surface area contributed by atoms with Crippen LogP contribution in [0.25, 0.3) is 0 Å². The molecular weight excluding hydrogens is 356 g/mol. The van der Waals surface area contributed by atoms with E-state index in [1.54, 1.807) is 31.2 Å². The van der Waals surface area contributed by atoms with Crippen molar-refractivity contribution in [3.8, 4) is 6.07 Å². The molecule has 7 heteroatoms. The Kier molecular flexibility index (Phi) is 5.41. The number of nitrogens with zero attached hydrogens (tertiary/aromatic N) is 2. The fraction of sp³-hybridized carbons (Fsp3) is 0.524. The maximum atomic E-state index is 12.9. The maximum Gasteiger partial charge on any atom is 0.325 e. The molecule has 3 rings (SSSR count). The van der Waals surface area contributed by atoms with Crippen LogP contribution in [-0.2, 0) is 15.1 Å². The first-order valence-corrected chi connectivity index (χ1v) is 9.70. The summed E-state index contributed by atoms with van der Waals surface area (Å²) in [6.45, 7) is 5.62. The minimum Gasteiger partial charge on any atom is -0.352 e. The molecule has 0 spiro atoms. The van der Waals surface area contributed by atoms with Gasteiger partial charge in [0.2, 0.25) is 5.91 Å². The number of hydrogen-bond acceptors (Lipinski definition) is 4. The Morgan fingerprint density at radius 1 is 1.29 bits per heavy atom. The van der Waals surface area contributed by atoms with E-state index in [-0.39, 0.29) is 18.5 Å². The molecule has 1 aliphatic heterocycles. The molecule has 0 bridgehead atoms. The molecule has 2 fully saturated rings. The third-order valence-electron chi connectivity index (χ3n) is 6.22. The summed E-state index contributed by atoms with van der Waals surface area (Å²) in [5, 5.41) is 14.6. The van der Waals surface area contributed by atoms with Crippen LogP contribution in [-0.4, -0.2) is 35.3 Å². The predicted molar refractivity (Wildman–Crippen MR) is 103 cm³/mol. The van der Waals surface area contributed by atoms with Crippen LogP contribution in [0.15, 0.2) is 24.3 Å². The molecule has 1 heterocycles.